The van der Waals surface area contributed by atoms with Crippen LogP contribution in [0.4, 0.5) is 5.69 Å². The topological polar surface area (TPSA) is 62.1 Å². The van der Waals surface area contributed by atoms with E-state index in [-0.39, 0.29) is 12.5 Å². The molecule has 2 aromatic rings. The first-order valence-electron chi connectivity index (χ1n) is 5.97. The number of nitrogens with zero attached hydrogens (tertiary/aromatic N) is 1. The van der Waals surface area contributed by atoms with Crippen LogP contribution >= 0.6 is 31.9 Å². The van der Waals surface area contributed by atoms with Crippen LogP contribution in [0.5, 0.6) is 5.75 Å². The van der Waals surface area contributed by atoms with Gasteiger partial charge < -0.3 is 10.1 Å². The largest absolute Gasteiger partial charge is 0.482 e. The summed E-state index contributed by atoms with van der Waals surface area (Å²) >= 11 is 6.63. The van der Waals surface area contributed by atoms with Gasteiger partial charge in [0.15, 0.2) is 6.61 Å². The van der Waals surface area contributed by atoms with Crippen molar-refractivity contribution in [3.8, 4) is 11.8 Å². The SMILES string of the molecule is N#Cc1cc(Br)ccc1OCC(=O)Nc1ccccc1Br. The van der Waals surface area contributed by atoms with Crippen LogP contribution in [0.25, 0.3) is 0 Å². The van der Waals surface area contributed by atoms with Crippen molar-refractivity contribution in [3.05, 3.63) is 57.0 Å². The molecule has 1 N–H and O–H groups in total. The number of ether oxygens (including phenoxy) is 1. The molecule has 0 atom stereocenters. The highest BCUT2D eigenvalue weighted by molar-refractivity contribution is 9.10. The molecule has 0 saturated carbocycles. The van der Waals surface area contributed by atoms with Crippen molar-refractivity contribution in [2.45, 2.75) is 0 Å². The van der Waals surface area contributed by atoms with Gasteiger partial charge in [-0.25, -0.2) is 0 Å². The highest BCUT2D eigenvalue weighted by Gasteiger charge is 2.09. The molecule has 0 aromatic heterocycles. The maximum absolute atomic E-state index is 11.9. The lowest BCUT2D eigenvalue weighted by Crippen LogP contribution is -2.20. The van der Waals surface area contributed by atoms with Gasteiger partial charge in [0.25, 0.3) is 5.91 Å². The average molecular weight is 410 g/mol. The van der Waals surface area contributed by atoms with Crippen molar-refractivity contribution in [1.82, 2.24) is 0 Å². The van der Waals surface area contributed by atoms with E-state index in [1.165, 1.54) is 0 Å². The zero-order valence-corrected chi connectivity index (χ0v) is 13.9. The van der Waals surface area contributed by atoms with Crippen LogP contribution in [0.1, 0.15) is 5.56 Å². The van der Waals surface area contributed by atoms with Gasteiger partial charge in [-0.1, -0.05) is 28.1 Å². The molecule has 21 heavy (non-hydrogen) atoms. The summed E-state index contributed by atoms with van der Waals surface area (Å²) in [5.74, 6) is 0.0803. The van der Waals surface area contributed by atoms with Crippen molar-refractivity contribution < 1.29 is 9.53 Å². The number of benzene rings is 2. The lowest BCUT2D eigenvalue weighted by atomic mass is 10.2. The third-order valence-corrected chi connectivity index (χ3v) is 3.75. The molecule has 0 spiro atoms. The number of para-hydroxylation sites is 1. The van der Waals surface area contributed by atoms with Gasteiger partial charge in [-0.2, -0.15) is 5.26 Å². The van der Waals surface area contributed by atoms with E-state index in [1.54, 1.807) is 24.3 Å². The number of carbonyl (C=O) groups is 1. The normalized spacial score (nSPS) is 9.76. The molecule has 0 aliphatic heterocycles. The van der Waals surface area contributed by atoms with E-state index in [0.29, 0.717) is 17.0 Å². The predicted molar refractivity (Wildman–Crippen MR) is 87.1 cm³/mol. The lowest BCUT2D eigenvalue weighted by molar-refractivity contribution is -0.118. The van der Waals surface area contributed by atoms with Crippen molar-refractivity contribution in [2.75, 3.05) is 11.9 Å². The number of hydrogen-bond acceptors (Lipinski definition) is 3. The molecule has 0 radical (unpaired) electrons. The second kappa shape index (κ2) is 7.25. The van der Waals surface area contributed by atoms with Gasteiger partial charge in [0, 0.05) is 8.95 Å². The van der Waals surface area contributed by atoms with Crippen LogP contribution < -0.4 is 10.1 Å². The maximum atomic E-state index is 11.9. The summed E-state index contributed by atoms with van der Waals surface area (Å²) in [7, 11) is 0. The number of hydrogen-bond donors (Lipinski definition) is 1. The molecule has 1 amide bonds. The van der Waals surface area contributed by atoms with Gasteiger partial charge in [0.05, 0.1) is 11.3 Å². The van der Waals surface area contributed by atoms with Crippen molar-refractivity contribution >= 4 is 43.5 Å². The van der Waals surface area contributed by atoms with Crippen LogP contribution in [-0.2, 0) is 4.79 Å². The summed E-state index contributed by atoms with van der Waals surface area (Å²) in [6, 6.07) is 14.4. The van der Waals surface area contributed by atoms with E-state index in [2.05, 4.69) is 37.2 Å². The van der Waals surface area contributed by atoms with Crippen LogP contribution in [0.3, 0.4) is 0 Å². The number of nitriles is 1. The van der Waals surface area contributed by atoms with E-state index in [0.717, 1.165) is 8.95 Å². The summed E-state index contributed by atoms with van der Waals surface area (Å²) in [4.78, 5) is 11.9. The molecule has 0 unspecified atom stereocenters. The van der Waals surface area contributed by atoms with Crippen molar-refractivity contribution in [3.63, 3.8) is 0 Å². The molecule has 0 aliphatic rings. The molecule has 0 aliphatic carbocycles. The summed E-state index contributed by atoms with van der Waals surface area (Å²) < 4.78 is 6.96. The predicted octanol–water partition coefficient (Wildman–Crippen LogP) is 4.10. The second-order valence-electron chi connectivity index (χ2n) is 4.07. The molecule has 0 heterocycles. The first-order chi connectivity index (χ1) is 10.1. The Hall–Kier alpha value is -1.84. The van der Waals surface area contributed by atoms with Gasteiger partial charge in [0.1, 0.15) is 11.8 Å². The zero-order valence-electron chi connectivity index (χ0n) is 10.8. The number of rotatable bonds is 4. The first kappa shape index (κ1) is 15.5. The van der Waals surface area contributed by atoms with Gasteiger partial charge in [0.2, 0.25) is 0 Å². The van der Waals surface area contributed by atoms with Crippen LogP contribution in [0.2, 0.25) is 0 Å². The molecule has 0 bridgehead atoms. The zero-order chi connectivity index (χ0) is 15.2. The minimum absolute atomic E-state index is 0.169. The summed E-state index contributed by atoms with van der Waals surface area (Å²) in [6.07, 6.45) is 0. The van der Waals surface area contributed by atoms with Crippen molar-refractivity contribution in [1.29, 1.82) is 5.26 Å². The number of amides is 1. The van der Waals surface area contributed by atoms with Crippen LogP contribution in [0.15, 0.2) is 51.4 Å². The summed E-state index contributed by atoms with van der Waals surface area (Å²) in [6.45, 7) is -0.169. The quantitative estimate of drug-likeness (QED) is 0.826. The van der Waals surface area contributed by atoms with Gasteiger partial charge in [-0.3, -0.25) is 4.79 Å². The van der Waals surface area contributed by atoms with E-state index in [1.807, 2.05) is 24.3 Å². The molecule has 106 valence electrons. The van der Waals surface area contributed by atoms with Gasteiger partial charge >= 0.3 is 0 Å². The Bertz CT molecular complexity index is 711. The third kappa shape index (κ3) is 4.31. The number of nitrogens with one attached hydrogen (secondary N) is 1. The second-order valence-corrected chi connectivity index (χ2v) is 5.84. The fraction of sp³-hybridized carbons (Fsp3) is 0.0667. The average Bonchev–Trinajstić information content (AvgIpc) is 2.48. The maximum Gasteiger partial charge on any atom is 0.262 e. The molecular weight excluding hydrogens is 400 g/mol. The highest BCUT2D eigenvalue weighted by atomic mass is 79.9. The summed E-state index contributed by atoms with van der Waals surface area (Å²) in [5.41, 5.74) is 1.04. The van der Waals surface area contributed by atoms with E-state index in [9.17, 15) is 4.79 Å². The number of carbonyl (C=O) groups excluding carboxylic acids is 1. The minimum Gasteiger partial charge on any atom is -0.482 e. The molecule has 2 aromatic carbocycles. The Balaban J connectivity index is 1.99. The van der Waals surface area contributed by atoms with E-state index < -0.39 is 0 Å². The lowest BCUT2D eigenvalue weighted by Gasteiger charge is -2.09. The molecule has 2 rings (SSSR count). The monoisotopic (exact) mass is 408 g/mol. The van der Waals surface area contributed by atoms with E-state index >= 15 is 0 Å². The fourth-order valence-electron chi connectivity index (χ4n) is 1.61. The number of halogens is 2. The molecule has 4 nitrogen and oxygen atoms in total. The smallest absolute Gasteiger partial charge is 0.262 e. The Labute approximate surface area is 139 Å². The van der Waals surface area contributed by atoms with Crippen molar-refractivity contribution in [2.24, 2.45) is 0 Å². The third-order valence-electron chi connectivity index (χ3n) is 2.57. The molecule has 0 fully saturated rings. The first-order valence-corrected chi connectivity index (χ1v) is 7.55. The molecule has 0 saturated heterocycles. The Kier molecular flexibility index (Phi) is 5.37. The van der Waals surface area contributed by atoms with Gasteiger partial charge in [-0.05, 0) is 46.3 Å². The Morgan fingerprint density at radius 2 is 2.00 bits per heavy atom. The van der Waals surface area contributed by atoms with Crippen LogP contribution in [-0.4, -0.2) is 12.5 Å². The van der Waals surface area contributed by atoms with Crippen LogP contribution in [0, 0.1) is 11.3 Å². The standard InChI is InChI=1S/C15H10Br2N2O2/c16-11-5-6-14(10(7-11)8-18)21-9-15(20)19-13-4-2-1-3-12(13)17/h1-7H,9H2,(H,19,20). The Morgan fingerprint density at radius 1 is 1.24 bits per heavy atom. The fourth-order valence-corrected chi connectivity index (χ4v) is 2.35. The number of anilines is 1. The van der Waals surface area contributed by atoms with E-state index in [4.69, 9.17) is 10.00 Å². The summed E-state index contributed by atoms with van der Waals surface area (Å²) in [5, 5.41) is 11.7. The Morgan fingerprint density at radius 3 is 2.71 bits per heavy atom. The van der Waals surface area contributed by atoms with Gasteiger partial charge in [-0.15, -0.1) is 0 Å². The molecular formula is C15H10Br2N2O2. The highest BCUT2D eigenvalue weighted by Crippen LogP contribution is 2.23. The molecule has 6 heteroatoms. The minimum atomic E-state index is -0.297.